The molecule has 6 heteroatoms. The third-order valence-electron chi connectivity index (χ3n) is 4.57. The minimum absolute atomic E-state index is 0.686. The van der Waals surface area contributed by atoms with Gasteiger partial charge in [-0.25, -0.2) is 4.99 Å². The van der Waals surface area contributed by atoms with Gasteiger partial charge < -0.3 is 4.74 Å². The van der Waals surface area contributed by atoms with E-state index in [-0.39, 0.29) is 0 Å². The average Bonchev–Trinajstić information content (AvgIpc) is 2.95. The van der Waals surface area contributed by atoms with Gasteiger partial charge >= 0.3 is 0 Å². The van der Waals surface area contributed by atoms with Crippen LogP contribution in [-0.4, -0.2) is 23.1 Å². The molecule has 0 bridgehead atoms. The lowest BCUT2D eigenvalue weighted by Gasteiger charge is -2.10. The smallest absolute Gasteiger partial charge is 0.154 e. The SMILES string of the molecule is CCCCOc1ccc(C2=NNC(c3ccncc3)=Nc3ccc(Br)cc32)cc1. The van der Waals surface area contributed by atoms with Crippen molar-refractivity contribution in [2.45, 2.75) is 19.8 Å². The summed E-state index contributed by atoms with van der Waals surface area (Å²) in [6, 6.07) is 17.9. The van der Waals surface area contributed by atoms with Gasteiger partial charge in [-0.3, -0.25) is 10.4 Å². The molecule has 3 aromatic rings. The molecule has 1 aliphatic heterocycles. The summed E-state index contributed by atoms with van der Waals surface area (Å²) in [5.41, 5.74) is 7.69. The third-order valence-corrected chi connectivity index (χ3v) is 5.06. The Balaban J connectivity index is 1.70. The highest BCUT2D eigenvalue weighted by Gasteiger charge is 2.17. The van der Waals surface area contributed by atoms with Gasteiger partial charge in [0.05, 0.1) is 12.3 Å². The van der Waals surface area contributed by atoms with E-state index >= 15 is 0 Å². The van der Waals surface area contributed by atoms with Crippen LogP contribution < -0.4 is 10.2 Å². The topological polar surface area (TPSA) is 58.9 Å². The molecule has 0 atom stereocenters. The monoisotopic (exact) mass is 448 g/mol. The second kappa shape index (κ2) is 9.01. The number of fused-ring (bicyclic) bond motifs is 1. The molecule has 1 aromatic heterocycles. The first kappa shape index (κ1) is 19.3. The van der Waals surface area contributed by atoms with Crippen molar-refractivity contribution in [3.05, 3.63) is 88.2 Å². The van der Waals surface area contributed by atoms with Crippen LogP contribution in [-0.2, 0) is 0 Å². The van der Waals surface area contributed by atoms with E-state index in [9.17, 15) is 0 Å². The Morgan fingerprint density at radius 3 is 2.52 bits per heavy atom. The second-order valence-corrected chi connectivity index (χ2v) is 7.57. The number of benzene rings is 2. The molecule has 146 valence electrons. The Labute approximate surface area is 178 Å². The molecule has 0 fully saturated rings. The van der Waals surface area contributed by atoms with E-state index in [4.69, 9.17) is 14.8 Å². The van der Waals surface area contributed by atoms with E-state index in [0.29, 0.717) is 5.84 Å². The van der Waals surface area contributed by atoms with E-state index in [1.807, 2.05) is 54.6 Å². The van der Waals surface area contributed by atoms with Crippen molar-refractivity contribution in [3.8, 4) is 5.75 Å². The number of amidine groups is 1. The minimum Gasteiger partial charge on any atom is -0.494 e. The summed E-state index contributed by atoms with van der Waals surface area (Å²) in [6.45, 7) is 2.89. The standard InChI is InChI=1S/C23H21BrN4O/c1-2-3-14-29-19-7-4-16(5-8-19)22-20-15-18(24)6-9-21(20)26-23(28-27-22)17-10-12-25-13-11-17/h4-13,15H,2-3,14H2,1H3,(H,26,28). The van der Waals surface area contributed by atoms with E-state index < -0.39 is 0 Å². The Morgan fingerprint density at radius 1 is 0.966 bits per heavy atom. The van der Waals surface area contributed by atoms with E-state index in [1.54, 1.807) is 12.4 Å². The first-order valence-corrected chi connectivity index (χ1v) is 10.4. The molecule has 29 heavy (non-hydrogen) atoms. The predicted octanol–water partition coefficient (Wildman–Crippen LogP) is 5.46. The molecule has 0 saturated heterocycles. The van der Waals surface area contributed by atoms with Crippen molar-refractivity contribution >= 4 is 33.2 Å². The largest absolute Gasteiger partial charge is 0.494 e. The zero-order valence-electron chi connectivity index (χ0n) is 16.1. The minimum atomic E-state index is 0.686. The van der Waals surface area contributed by atoms with Crippen LogP contribution in [0.15, 0.2) is 81.6 Å². The lowest BCUT2D eigenvalue weighted by Crippen LogP contribution is -2.19. The quantitative estimate of drug-likeness (QED) is 0.509. The van der Waals surface area contributed by atoms with Gasteiger partial charge in [-0.1, -0.05) is 29.3 Å². The van der Waals surface area contributed by atoms with Gasteiger partial charge in [-0.15, -0.1) is 0 Å². The van der Waals surface area contributed by atoms with E-state index in [1.165, 1.54) is 0 Å². The van der Waals surface area contributed by atoms with Crippen LogP contribution in [0.5, 0.6) is 5.75 Å². The molecule has 0 amide bonds. The number of aromatic nitrogens is 1. The van der Waals surface area contributed by atoms with Crippen LogP contribution in [0.25, 0.3) is 0 Å². The molecular formula is C23H21BrN4O. The first-order valence-electron chi connectivity index (χ1n) is 9.60. The number of halogens is 1. The maximum absolute atomic E-state index is 5.79. The summed E-state index contributed by atoms with van der Waals surface area (Å²) in [4.78, 5) is 8.89. The Hall–Kier alpha value is -2.99. The molecular weight excluding hydrogens is 428 g/mol. The third kappa shape index (κ3) is 4.54. The van der Waals surface area contributed by atoms with Crippen molar-refractivity contribution in [2.24, 2.45) is 10.1 Å². The Kier molecular flexibility index (Phi) is 6.00. The second-order valence-electron chi connectivity index (χ2n) is 6.66. The van der Waals surface area contributed by atoms with Gasteiger partial charge in [-0.2, -0.15) is 5.10 Å². The summed E-state index contributed by atoms with van der Waals surface area (Å²) in [5.74, 6) is 1.55. The van der Waals surface area contributed by atoms with Crippen molar-refractivity contribution in [2.75, 3.05) is 6.61 Å². The highest BCUT2D eigenvalue weighted by Crippen LogP contribution is 2.29. The van der Waals surface area contributed by atoms with Gasteiger partial charge in [0.25, 0.3) is 0 Å². The number of rotatable bonds is 6. The van der Waals surface area contributed by atoms with Crippen molar-refractivity contribution in [1.29, 1.82) is 0 Å². The van der Waals surface area contributed by atoms with Crippen LogP contribution in [0, 0.1) is 0 Å². The molecule has 0 unspecified atom stereocenters. The lowest BCUT2D eigenvalue weighted by molar-refractivity contribution is 0.309. The van der Waals surface area contributed by atoms with Crippen molar-refractivity contribution < 1.29 is 4.74 Å². The summed E-state index contributed by atoms with van der Waals surface area (Å²) < 4.78 is 6.76. The summed E-state index contributed by atoms with van der Waals surface area (Å²) in [5, 5.41) is 4.69. The van der Waals surface area contributed by atoms with Gasteiger partial charge in [0.1, 0.15) is 11.5 Å². The van der Waals surface area contributed by atoms with Crippen LogP contribution in [0.1, 0.15) is 36.5 Å². The number of ether oxygens (including phenoxy) is 1. The molecule has 2 heterocycles. The van der Waals surface area contributed by atoms with Crippen LogP contribution in [0.3, 0.4) is 0 Å². The molecule has 1 aliphatic rings. The molecule has 1 N–H and O–H groups in total. The van der Waals surface area contributed by atoms with Gasteiger partial charge in [0.2, 0.25) is 0 Å². The molecule has 0 saturated carbocycles. The summed E-state index contributed by atoms with van der Waals surface area (Å²) >= 11 is 3.57. The van der Waals surface area contributed by atoms with Crippen LogP contribution in [0.4, 0.5) is 5.69 Å². The number of hydrogen-bond acceptors (Lipinski definition) is 5. The molecule has 5 nitrogen and oxygen atoms in total. The van der Waals surface area contributed by atoms with Gasteiger partial charge in [0.15, 0.2) is 5.84 Å². The van der Waals surface area contributed by atoms with Crippen molar-refractivity contribution in [3.63, 3.8) is 0 Å². The lowest BCUT2D eigenvalue weighted by atomic mass is 10.0. The molecule has 0 aliphatic carbocycles. The van der Waals surface area contributed by atoms with Gasteiger partial charge in [0, 0.05) is 33.6 Å². The number of hydrazone groups is 1. The highest BCUT2D eigenvalue weighted by atomic mass is 79.9. The maximum Gasteiger partial charge on any atom is 0.154 e. The molecule has 4 rings (SSSR count). The number of pyridine rings is 1. The molecule has 0 radical (unpaired) electrons. The molecule has 0 spiro atoms. The first-order chi connectivity index (χ1) is 14.2. The van der Waals surface area contributed by atoms with Crippen LogP contribution in [0.2, 0.25) is 0 Å². The Bertz CT molecular complexity index is 1050. The highest BCUT2D eigenvalue weighted by molar-refractivity contribution is 9.10. The predicted molar refractivity (Wildman–Crippen MR) is 120 cm³/mol. The van der Waals surface area contributed by atoms with Crippen LogP contribution >= 0.6 is 15.9 Å². The molecule has 2 aromatic carbocycles. The average molecular weight is 449 g/mol. The maximum atomic E-state index is 5.79. The zero-order chi connectivity index (χ0) is 20.1. The summed E-state index contributed by atoms with van der Waals surface area (Å²) in [7, 11) is 0. The van der Waals surface area contributed by atoms with E-state index in [0.717, 1.165) is 57.8 Å². The number of aliphatic imine (C=N–C) groups is 1. The van der Waals surface area contributed by atoms with Crippen molar-refractivity contribution in [1.82, 2.24) is 10.4 Å². The fraction of sp³-hybridized carbons (Fsp3) is 0.174. The normalized spacial score (nSPS) is 12.9. The fourth-order valence-corrected chi connectivity index (χ4v) is 3.37. The number of unbranched alkanes of at least 4 members (excludes halogenated alkanes) is 1. The number of nitrogens with one attached hydrogen (secondary N) is 1. The summed E-state index contributed by atoms with van der Waals surface area (Å²) in [6.07, 6.45) is 5.66. The van der Waals surface area contributed by atoms with Gasteiger partial charge in [-0.05, 0) is 61.0 Å². The zero-order valence-corrected chi connectivity index (χ0v) is 17.7. The van der Waals surface area contributed by atoms with E-state index in [2.05, 4.69) is 33.3 Å². The number of hydrogen-bond donors (Lipinski definition) is 1. The number of nitrogens with zero attached hydrogens (tertiary/aromatic N) is 3. The Morgan fingerprint density at radius 2 is 1.76 bits per heavy atom. The fourth-order valence-electron chi connectivity index (χ4n) is 3.01.